The molecule has 3 aliphatic rings. The van der Waals surface area contributed by atoms with Crippen LogP contribution in [0.4, 0.5) is 4.39 Å². The molecular formula is C19H22FNO3. The number of carbonyl (C=O) groups excluding carboxylic acids is 2. The van der Waals surface area contributed by atoms with E-state index in [1.54, 1.807) is 0 Å². The molecule has 1 aliphatic carbocycles. The summed E-state index contributed by atoms with van der Waals surface area (Å²) in [7, 11) is 1.25. The number of methoxy groups -OCH3 is 1. The third-order valence-corrected chi connectivity index (χ3v) is 5.78. The minimum Gasteiger partial charge on any atom is -0.465 e. The molecule has 2 saturated heterocycles. The second kappa shape index (κ2) is 5.87. The lowest BCUT2D eigenvalue weighted by Gasteiger charge is -2.39. The van der Waals surface area contributed by atoms with E-state index >= 15 is 0 Å². The molecule has 1 aromatic carbocycles. The van der Waals surface area contributed by atoms with Gasteiger partial charge in [-0.05, 0) is 62.1 Å². The zero-order chi connectivity index (χ0) is 16.8. The first-order valence-corrected chi connectivity index (χ1v) is 8.78. The largest absolute Gasteiger partial charge is 0.465 e. The number of fused-ring (bicyclic) bond motifs is 2. The van der Waals surface area contributed by atoms with Gasteiger partial charge in [0.2, 0.25) is 5.91 Å². The lowest BCUT2D eigenvalue weighted by atomic mass is 9.84. The molecule has 0 spiro atoms. The lowest BCUT2D eigenvalue weighted by molar-refractivity contribution is -0.137. The van der Waals surface area contributed by atoms with Crippen LogP contribution in [0.2, 0.25) is 0 Å². The molecule has 4 rings (SSSR count). The van der Waals surface area contributed by atoms with E-state index in [-0.39, 0.29) is 17.4 Å². The van der Waals surface area contributed by atoms with E-state index in [0.29, 0.717) is 18.0 Å². The van der Waals surface area contributed by atoms with Crippen molar-refractivity contribution in [1.29, 1.82) is 0 Å². The highest BCUT2D eigenvalue weighted by Crippen LogP contribution is 2.45. The average Bonchev–Trinajstić information content (AvgIpc) is 3.39. The molecule has 3 fully saturated rings. The van der Waals surface area contributed by atoms with Crippen molar-refractivity contribution >= 4 is 11.9 Å². The molecule has 2 atom stereocenters. The number of halogens is 1. The Kier molecular flexibility index (Phi) is 3.82. The molecule has 24 heavy (non-hydrogen) atoms. The molecule has 128 valence electrons. The minimum absolute atomic E-state index is 0.0226. The fourth-order valence-corrected chi connectivity index (χ4v) is 4.41. The summed E-state index contributed by atoms with van der Waals surface area (Å²) in [4.78, 5) is 26.1. The van der Waals surface area contributed by atoms with E-state index in [0.717, 1.165) is 44.1 Å². The Labute approximate surface area is 141 Å². The van der Waals surface area contributed by atoms with Gasteiger partial charge in [0, 0.05) is 18.0 Å². The van der Waals surface area contributed by atoms with Gasteiger partial charge >= 0.3 is 5.97 Å². The summed E-state index contributed by atoms with van der Waals surface area (Å²) in [5.74, 6) is -0.311. The quantitative estimate of drug-likeness (QED) is 0.799. The number of esters is 1. The van der Waals surface area contributed by atoms with Crippen molar-refractivity contribution in [3.05, 3.63) is 35.1 Å². The molecule has 0 radical (unpaired) electrons. The van der Waals surface area contributed by atoms with Crippen LogP contribution >= 0.6 is 0 Å². The highest BCUT2D eigenvalue weighted by Gasteiger charge is 2.47. The molecule has 1 saturated carbocycles. The number of rotatable bonds is 3. The summed E-state index contributed by atoms with van der Waals surface area (Å²) in [5, 5.41) is 0. The summed E-state index contributed by atoms with van der Waals surface area (Å²) >= 11 is 0. The second-order valence-corrected chi connectivity index (χ2v) is 7.30. The van der Waals surface area contributed by atoms with Gasteiger partial charge < -0.3 is 9.64 Å². The smallest absolute Gasteiger partial charge is 0.340 e. The summed E-state index contributed by atoms with van der Waals surface area (Å²) in [6.07, 6.45) is 5.99. The van der Waals surface area contributed by atoms with E-state index in [4.69, 9.17) is 0 Å². The molecule has 2 unspecified atom stereocenters. The number of nitrogens with zero attached hydrogens (tertiary/aromatic N) is 1. The van der Waals surface area contributed by atoms with Crippen LogP contribution in [0.15, 0.2) is 18.2 Å². The van der Waals surface area contributed by atoms with E-state index in [9.17, 15) is 14.0 Å². The predicted molar refractivity (Wildman–Crippen MR) is 86.1 cm³/mol. The van der Waals surface area contributed by atoms with Gasteiger partial charge in [0.1, 0.15) is 5.82 Å². The van der Waals surface area contributed by atoms with Crippen molar-refractivity contribution in [2.24, 2.45) is 5.92 Å². The maximum Gasteiger partial charge on any atom is 0.340 e. The Morgan fingerprint density at radius 3 is 2.33 bits per heavy atom. The van der Waals surface area contributed by atoms with Crippen LogP contribution in [0.5, 0.6) is 0 Å². The van der Waals surface area contributed by atoms with Crippen molar-refractivity contribution in [2.75, 3.05) is 7.11 Å². The van der Waals surface area contributed by atoms with Gasteiger partial charge in [0.15, 0.2) is 0 Å². The monoisotopic (exact) mass is 331 g/mol. The normalized spacial score (nSPS) is 28.8. The average molecular weight is 331 g/mol. The molecule has 4 nitrogen and oxygen atoms in total. The predicted octanol–water partition coefficient (Wildman–Crippen LogP) is 3.26. The Bertz CT molecular complexity index is 671. The first kappa shape index (κ1) is 15.6. The molecule has 2 aliphatic heterocycles. The zero-order valence-electron chi connectivity index (χ0n) is 13.8. The van der Waals surface area contributed by atoms with E-state index < -0.39 is 11.8 Å². The van der Waals surface area contributed by atoms with E-state index in [1.807, 2.05) is 6.07 Å². The third kappa shape index (κ3) is 2.60. The van der Waals surface area contributed by atoms with Crippen LogP contribution in [0.1, 0.15) is 60.4 Å². The maximum atomic E-state index is 14.2. The Morgan fingerprint density at radius 1 is 1.12 bits per heavy atom. The summed E-state index contributed by atoms with van der Waals surface area (Å²) in [6.45, 7) is 0. The molecule has 2 bridgehead atoms. The minimum atomic E-state index is -0.649. The Balaban J connectivity index is 1.52. The molecule has 0 aromatic heterocycles. The second-order valence-electron chi connectivity index (χ2n) is 7.30. The first-order valence-electron chi connectivity index (χ1n) is 8.78. The first-order chi connectivity index (χ1) is 11.6. The van der Waals surface area contributed by atoms with Crippen molar-refractivity contribution in [3.63, 3.8) is 0 Å². The van der Waals surface area contributed by atoms with Gasteiger partial charge in [-0.15, -0.1) is 0 Å². The molecule has 1 amide bonds. The van der Waals surface area contributed by atoms with Gasteiger partial charge in [0.05, 0.1) is 12.7 Å². The van der Waals surface area contributed by atoms with E-state index in [1.165, 1.54) is 19.2 Å². The molecule has 5 heteroatoms. The van der Waals surface area contributed by atoms with Crippen molar-refractivity contribution in [3.8, 4) is 0 Å². The number of benzene rings is 1. The van der Waals surface area contributed by atoms with Gasteiger partial charge in [-0.3, -0.25) is 4.79 Å². The number of piperidine rings is 1. The highest BCUT2D eigenvalue weighted by molar-refractivity contribution is 5.89. The fraction of sp³-hybridized carbons (Fsp3) is 0.579. The molecule has 0 N–H and O–H groups in total. The molecular weight excluding hydrogens is 309 g/mol. The third-order valence-electron chi connectivity index (χ3n) is 5.78. The summed E-state index contributed by atoms with van der Waals surface area (Å²) < 4.78 is 18.8. The van der Waals surface area contributed by atoms with Crippen molar-refractivity contribution in [2.45, 2.75) is 56.5 Å². The lowest BCUT2D eigenvalue weighted by Crippen LogP contribution is -2.46. The van der Waals surface area contributed by atoms with Gasteiger partial charge in [0.25, 0.3) is 0 Å². The number of hydrogen-bond donors (Lipinski definition) is 0. The van der Waals surface area contributed by atoms with Crippen LogP contribution in [-0.4, -0.2) is 36.0 Å². The number of hydrogen-bond acceptors (Lipinski definition) is 3. The molecule has 2 heterocycles. The van der Waals surface area contributed by atoms with Crippen LogP contribution in [0.25, 0.3) is 0 Å². The highest BCUT2D eigenvalue weighted by atomic mass is 19.1. The zero-order valence-corrected chi connectivity index (χ0v) is 13.8. The Hall–Kier alpha value is -1.91. The molecule has 1 aromatic rings. The topological polar surface area (TPSA) is 46.6 Å². The van der Waals surface area contributed by atoms with Gasteiger partial charge in [-0.1, -0.05) is 6.07 Å². The SMILES string of the molecule is COC(=O)c1ccc(C2CC3CCC(C2)N3C(=O)C2CC2)cc1F. The van der Waals surface area contributed by atoms with Crippen molar-refractivity contribution < 1.29 is 18.7 Å². The summed E-state index contributed by atoms with van der Waals surface area (Å²) in [6, 6.07) is 5.41. The summed E-state index contributed by atoms with van der Waals surface area (Å²) in [5.41, 5.74) is 0.904. The van der Waals surface area contributed by atoms with Crippen LogP contribution in [0, 0.1) is 11.7 Å². The van der Waals surface area contributed by atoms with Crippen molar-refractivity contribution in [1.82, 2.24) is 4.90 Å². The van der Waals surface area contributed by atoms with Crippen LogP contribution in [-0.2, 0) is 9.53 Å². The van der Waals surface area contributed by atoms with Gasteiger partial charge in [-0.2, -0.15) is 0 Å². The maximum absolute atomic E-state index is 14.2. The number of amides is 1. The Morgan fingerprint density at radius 2 is 1.79 bits per heavy atom. The van der Waals surface area contributed by atoms with E-state index in [2.05, 4.69) is 9.64 Å². The van der Waals surface area contributed by atoms with Crippen LogP contribution < -0.4 is 0 Å². The fourth-order valence-electron chi connectivity index (χ4n) is 4.41. The standard InChI is InChI=1S/C19H22FNO3/c1-24-19(23)16-7-4-12(10-17(16)20)13-8-14-5-6-15(9-13)21(14)18(22)11-2-3-11/h4,7,10-11,13-15H,2-3,5-6,8-9H2,1H3. The number of ether oxygens (including phenoxy) is 1. The number of carbonyl (C=O) groups is 2. The van der Waals surface area contributed by atoms with Crippen LogP contribution in [0.3, 0.4) is 0 Å². The van der Waals surface area contributed by atoms with Gasteiger partial charge in [-0.25, -0.2) is 9.18 Å².